The fourth-order valence-electron chi connectivity index (χ4n) is 9.52. The molecule has 1 fully saturated rings. The maximum Gasteiger partial charge on any atom is 0.331 e. The molecule has 2 aliphatic heterocycles. The van der Waals surface area contributed by atoms with Crippen molar-refractivity contribution in [2.75, 3.05) is 20.6 Å². The van der Waals surface area contributed by atoms with Crippen molar-refractivity contribution in [2.45, 2.75) is 217 Å². The number of fused-ring (bicyclic) bond motifs is 2. The highest BCUT2D eigenvalue weighted by Crippen LogP contribution is 2.36. The lowest BCUT2D eigenvalue weighted by molar-refractivity contribution is -0.333. The number of allylic oxidation sites excluding steroid dienone is 6. The molecular formula is C56H95N3O17. The van der Waals surface area contributed by atoms with Crippen molar-refractivity contribution in [2.24, 2.45) is 34.6 Å². The number of hydrogen-bond acceptors (Lipinski definition) is 17. The predicted octanol–water partition coefficient (Wildman–Crippen LogP) is 3.24. The van der Waals surface area contributed by atoms with Gasteiger partial charge in [-0.15, -0.1) is 0 Å². The molecule has 20 nitrogen and oxygen atoms in total. The first-order chi connectivity index (χ1) is 35.8. The Morgan fingerprint density at radius 2 is 1.47 bits per heavy atom. The maximum absolute atomic E-state index is 13.3. The summed E-state index contributed by atoms with van der Waals surface area (Å²) in [7, 11) is 3.53. The van der Waals surface area contributed by atoms with Gasteiger partial charge in [-0.25, -0.2) is 4.79 Å². The number of hydrogen-bond donors (Lipinski definition) is 13. The zero-order valence-corrected chi connectivity index (χ0v) is 46.1. The van der Waals surface area contributed by atoms with Crippen molar-refractivity contribution < 1.29 is 84.8 Å². The molecule has 0 saturated carbocycles. The van der Waals surface area contributed by atoms with E-state index in [4.69, 9.17) is 14.2 Å². The van der Waals surface area contributed by atoms with Crippen molar-refractivity contribution in [3.8, 4) is 0 Å². The number of aliphatic imine (C=N–C) groups is 1. The first-order valence-electron chi connectivity index (χ1n) is 27.2. The normalized spacial score (nSPS) is 37.5. The average molecular weight is 1080 g/mol. The van der Waals surface area contributed by atoms with Gasteiger partial charge in [-0.1, -0.05) is 83.2 Å². The van der Waals surface area contributed by atoms with E-state index in [2.05, 4.69) is 27.8 Å². The Morgan fingerprint density at radius 3 is 2.13 bits per heavy atom. The Labute approximate surface area is 450 Å². The van der Waals surface area contributed by atoms with Gasteiger partial charge in [0, 0.05) is 83.0 Å². The first-order valence-corrected chi connectivity index (χ1v) is 27.2. The lowest BCUT2D eigenvalue weighted by Gasteiger charge is -2.45. The van der Waals surface area contributed by atoms with Crippen LogP contribution >= 0.6 is 0 Å². The standard InChI is InChI=1S/C56H95N3O17/c1-34-18-14-15-22-51(70)75-53(37(4)19-13-11-9-10-12-16-25-59-55(57-7)58-8)38(5)21-17-20-35(2)45(63)28-41(61)26-40(60)27-42(74-52(71)32-50(68)69)29-43-30-48(66)54(72)56(73,76-43)33-49(67)36(3)23-24-44(62)39(6)47(65)31-46(34)64/h9-10,14-15,17-18,20-22,34,36-49,53-54,60-67,72-73H,11-13,16,19,23-33H2,1-8H3,(H,68,69)(H2,57,58,59)/b10-9+,18-14-,21-17-,22-15-,35-20-/t34-,36+,37+,38+,39-,40+,41-,42-,43-,44+,45-,46+,47+,48-,49+,53-,54-,56-/m1/s1. The highest BCUT2D eigenvalue weighted by atomic mass is 16.7. The SMILES string of the molecule is CN=C(NC)NCCC/C=C/CCC[C@H](C)[C@H]1OC(=O)/C=C\C=C/[C@@H](C)[C@@H](O)C[C@H](O)[C@H](C)[C@@H](O)CC[C@H](C)[C@@H](O)C[C@@]2(O)O[C@H](C[C@H](OC(=O)CC(=O)O)C[C@@H](O)C[C@@H](O)C[C@@H](O)/C(C)=C\C=C/[C@@H]1C)C[C@@H](O)[C@H]2O. The molecule has 0 unspecified atom stereocenters. The number of cyclic esters (lactones) is 1. The van der Waals surface area contributed by atoms with Crippen LogP contribution in [0.5, 0.6) is 0 Å². The van der Waals surface area contributed by atoms with E-state index in [0.29, 0.717) is 5.57 Å². The third-order valence-corrected chi connectivity index (χ3v) is 14.7. The summed E-state index contributed by atoms with van der Waals surface area (Å²) in [5.74, 6) is -7.07. The molecule has 2 bridgehead atoms. The molecule has 13 N–H and O–H groups in total. The zero-order chi connectivity index (χ0) is 57.1. The van der Waals surface area contributed by atoms with E-state index in [1.807, 2.05) is 27.0 Å². The number of aliphatic hydroxyl groups excluding tert-OH is 9. The number of aliphatic hydroxyl groups is 10. The number of nitrogens with one attached hydrogen (secondary N) is 2. The maximum atomic E-state index is 13.3. The van der Waals surface area contributed by atoms with E-state index in [-0.39, 0.29) is 63.2 Å². The number of nitrogens with zero attached hydrogens (tertiary/aromatic N) is 1. The van der Waals surface area contributed by atoms with Crippen molar-refractivity contribution in [1.82, 2.24) is 10.6 Å². The summed E-state index contributed by atoms with van der Waals surface area (Å²) < 4.78 is 17.4. The Kier molecular flexibility index (Phi) is 31.7. The number of guanidine groups is 1. The van der Waals surface area contributed by atoms with Crippen LogP contribution in [0.25, 0.3) is 0 Å². The van der Waals surface area contributed by atoms with Crippen molar-refractivity contribution in [1.29, 1.82) is 0 Å². The smallest absolute Gasteiger partial charge is 0.331 e. The third kappa shape index (κ3) is 25.6. The van der Waals surface area contributed by atoms with Crippen LogP contribution in [0, 0.1) is 29.6 Å². The predicted molar refractivity (Wildman–Crippen MR) is 287 cm³/mol. The van der Waals surface area contributed by atoms with E-state index in [9.17, 15) is 70.6 Å². The second kappa shape index (κ2) is 35.4. The van der Waals surface area contributed by atoms with Crippen LogP contribution in [-0.4, -0.2) is 180 Å². The monoisotopic (exact) mass is 1080 g/mol. The number of esters is 2. The first kappa shape index (κ1) is 68.0. The molecule has 0 spiro atoms. The molecule has 20 heteroatoms. The molecule has 2 aliphatic rings. The van der Waals surface area contributed by atoms with Gasteiger partial charge in [-0.3, -0.25) is 14.6 Å². The van der Waals surface area contributed by atoms with Crippen LogP contribution in [0.1, 0.15) is 138 Å². The largest absolute Gasteiger partial charge is 0.481 e. The summed E-state index contributed by atoms with van der Waals surface area (Å²) in [6, 6.07) is 0. The summed E-state index contributed by atoms with van der Waals surface area (Å²) >= 11 is 0. The molecule has 1 saturated heterocycles. The Morgan fingerprint density at radius 1 is 0.816 bits per heavy atom. The molecular weight excluding hydrogens is 987 g/mol. The molecule has 0 aromatic heterocycles. The third-order valence-electron chi connectivity index (χ3n) is 14.7. The minimum atomic E-state index is -2.52. The summed E-state index contributed by atoms with van der Waals surface area (Å²) in [6.45, 7) is 11.4. The Hall–Kier alpha value is -4.06. The van der Waals surface area contributed by atoms with Crippen LogP contribution < -0.4 is 10.6 Å². The van der Waals surface area contributed by atoms with Gasteiger partial charge >= 0.3 is 17.9 Å². The quantitative estimate of drug-likeness (QED) is 0.0333. The summed E-state index contributed by atoms with van der Waals surface area (Å²) in [5.41, 5.74) is 0.484. The lowest BCUT2D eigenvalue weighted by Crippen LogP contribution is -2.60. The molecule has 0 aromatic carbocycles. The van der Waals surface area contributed by atoms with E-state index in [0.717, 1.165) is 44.6 Å². The fourth-order valence-corrected chi connectivity index (χ4v) is 9.52. The van der Waals surface area contributed by atoms with Gasteiger partial charge in [-0.05, 0) is 75.7 Å². The van der Waals surface area contributed by atoms with Gasteiger partial charge in [0.15, 0.2) is 11.7 Å². The second-order valence-corrected chi connectivity index (χ2v) is 21.3. The van der Waals surface area contributed by atoms with Crippen molar-refractivity contribution in [3.05, 3.63) is 60.3 Å². The summed E-state index contributed by atoms with van der Waals surface area (Å²) in [5, 5.41) is 126. The van der Waals surface area contributed by atoms with E-state index in [1.165, 1.54) is 12.2 Å². The topological polar surface area (TPSA) is 338 Å². The van der Waals surface area contributed by atoms with Gasteiger partial charge in [0.25, 0.3) is 0 Å². The number of carboxylic acids is 1. The van der Waals surface area contributed by atoms with Crippen molar-refractivity contribution >= 4 is 23.9 Å². The number of unbranched alkanes of at least 4 members (excludes halogenated alkanes) is 2. The highest BCUT2D eigenvalue weighted by Gasteiger charge is 2.50. The van der Waals surface area contributed by atoms with Gasteiger partial charge in [-0.2, -0.15) is 0 Å². The second-order valence-electron chi connectivity index (χ2n) is 21.3. The number of aliphatic carboxylic acids is 1. The average Bonchev–Trinajstić information content (AvgIpc) is 3.34. The lowest BCUT2D eigenvalue weighted by atomic mass is 9.84. The molecule has 436 valence electrons. The molecule has 0 aromatic rings. The van der Waals surface area contributed by atoms with Crippen LogP contribution in [-0.2, 0) is 28.6 Å². The van der Waals surface area contributed by atoms with Crippen LogP contribution in [0.3, 0.4) is 0 Å². The fraction of sp³-hybridized carbons (Fsp3) is 0.750. The van der Waals surface area contributed by atoms with Gasteiger partial charge < -0.3 is 81.0 Å². The number of carboxylic acid groups (broad SMARTS) is 1. The molecule has 18 atom stereocenters. The summed E-state index contributed by atoms with van der Waals surface area (Å²) in [6.07, 6.45) is 2.44. The van der Waals surface area contributed by atoms with E-state index in [1.54, 1.807) is 59.0 Å². The van der Waals surface area contributed by atoms with Crippen LogP contribution in [0.2, 0.25) is 0 Å². The van der Waals surface area contributed by atoms with Crippen LogP contribution in [0.4, 0.5) is 0 Å². The highest BCUT2D eigenvalue weighted by molar-refractivity contribution is 5.90. The minimum absolute atomic E-state index is 0.0526. The number of carbonyl (C=O) groups is 3. The number of ether oxygens (including phenoxy) is 3. The molecule has 0 amide bonds. The summed E-state index contributed by atoms with van der Waals surface area (Å²) in [4.78, 5) is 41.3. The van der Waals surface area contributed by atoms with Crippen molar-refractivity contribution in [3.63, 3.8) is 0 Å². The Balaban J connectivity index is 2.39. The molecule has 2 heterocycles. The number of carbonyl (C=O) groups excluding carboxylic acids is 2. The minimum Gasteiger partial charge on any atom is -0.481 e. The zero-order valence-electron chi connectivity index (χ0n) is 46.1. The van der Waals surface area contributed by atoms with E-state index >= 15 is 0 Å². The molecule has 0 aliphatic carbocycles. The Bertz CT molecular complexity index is 1900. The number of rotatable bonds is 12. The molecule has 2 rings (SSSR count). The van der Waals surface area contributed by atoms with Crippen LogP contribution in [0.15, 0.2) is 65.2 Å². The van der Waals surface area contributed by atoms with E-state index < -0.39 is 128 Å². The van der Waals surface area contributed by atoms with Gasteiger partial charge in [0.05, 0.1) is 54.9 Å². The van der Waals surface area contributed by atoms with Gasteiger partial charge in [0.1, 0.15) is 24.7 Å². The van der Waals surface area contributed by atoms with Gasteiger partial charge in [0.2, 0.25) is 0 Å². The molecule has 0 radical (unpaired) electrons. The molecule has 76 heavy (non-hydrogen) atoms.